The molecule has 0 fully saturated rings. The molecule has 1 unspecified atom stereocenters. The van der Waals surface area contributed by atoms with Crippen LogP contribution in [0.2, 0.25) is 0 Å². The van der Waals surface area contributed by atoms with Gasteiger partial charge in [-0.1, -0.05) is 24.3 Å². The van der Waals surface area contributed by atoms with Gasteiger partial charge in [0.05, 0.1) is 13.7 Å². The summed E-state index contributed by atoms with van der Waals surface area (Å²) in [4.78, 5) is 28.2. The Kier molecular flexibility index (Phi) is 6.66. The molecule has 0 saturated carbocycles. The molecule has 2 amide bonds. The van der Waals surface area contributed by atoms with Crippen molar-refractivity contribution in [2.75, 3.05) is 43.5 Å². The van der Waals surface area contributed by atoms with Crippen LogP contribution in [0.1, 0.15) is 18.9 Å². The average molecular weight is 382 g/mol. The molecule has 1 atom stereocenters. The van der Waals surface area contributed by atoms with Gasteiger partial charge in [-0.25, -0.2) is 0 Å². The predicted molar refractivity (Wildman–Crippen MR) is 110 cm³/mol. The Labute approximate surface area is 166 Å². The highest BCUT2D eigenvalue weighted by Crippen LogP contribution is 2.26. The zero-order chi connectivity index (χ0) is 19.9. The highest BCUT2D eigenvalue weighted by Gasteiger charge is 2.26. The number of nitrogens with one attached hydrogen (secondary N) is 2. The van der Waals surface area contributed by atoms with Gasteiger partial charge in [0.2, 0.25) is 0 Å². The van der Waals surface area contributed by atoms with Crippen LogP contribution in [-0.2, 0) is 16.0 Å². The minimum absolute atomic E-state index is 0.0678. The molecular formula is C22H28N3O3+. The number of fused-ring (bicyclic) bond motifs is 1. The lowest BCUT2D eigenvalue weighted by atomic mass is 10.0. The van der Waals surface area contributed by atoms with Gasteiger partial charge in [-0.2, -0.15) is 0 Å². The lowest BCUT2D eigenvalue weighted by molar-refractivity contribution is -0.881. The number of amides is 2. The molecule has 0 bridgehead atoms. The molecule has 1 aliphatic rings. The fourth-order valence-corrected chi connectivity index (χ4v) is 3.55. The maximum Gasteiger partial charge on any atom is 0.282 e. The maximum absolute atomic E-state index is 12.9. The Morgan fingerprint density at radius 2 is 1.96 bits per heavy atom. The van der Waals surface area contributed by atoms with Crippen molar-refractivity contribution in [3.8, 4) is 5.75 Å². The van der Waals surface area contributed by atoms with E-state index in [-0.39, 0.29) is 18.4 Å². The standard InChI is InChI=1S/C22H27N3O3/c1-3-24(15-21(26)23-18-10-6-11-19(14-18)28-2)16-22(27)25-13-7-9-17-8-4-5-12-20(17)25/h4-6,8,10-12,14H,3,7,9,13,15-16H2,1-2H3,(H,23,26)/p+1. The largest absolute Gasteiger partial charge is 0.497 e. The number of methoxy groups -OCH3 is 1. The van der Waals surface area contributed by atoms with E-state index in [1.165, 1.54) is 5.56 Å². The third kappa shape index (κ3) is 4.89. The van der Waals surface area contributed by atoms with E-state index in [1.807, 2.05) is 48.2 Å². The number of hydrogen-bond donors (Lipinski definition) is 2. The van der Waals surface area contributed by atoms with Crippen molar-refractivity contribution < 1.29 is 19.2 Å². The van der Waals surface area contributed by atoms with Gasteiger partial charge < -0.3 is 19.9 Å². The van der Waals surface area contributed by atoms with E-state index >= 15 is 0 Å². The number of quaternary nitrogens is 1. The van der Waals surface area contributed by atoms with Gasteiger partial charge in [-0.3, -0.25) is 9.59 Å². The number of likely N-dealkylation sites (N-methyl/N-ethyl adjacent to an activating group) is 1. The number of para-hydroxylation sites is 1. The van der Waals surface area contributed by atoms with Crippen LogP contribution >= 0.6 is 0 Å². The fraction of sp³-hybridized carbons (Fsp3) is 0.364. The number of benzene rings is 2. The summed E-state index contributed by atoms with van der Waals surface area (Å²) in [5.74, 6) is 0.645. The third-order valence-corrected chi connectivity index (χ3v) is 5.08. The summed E-state index contributed by atoms with van der Waals surface area (Å²) in [6.45, 7) is 3.98. The van der Waals surface area contributed by atoms with E-state index < -0.39 is 0 Å². The van der Waals surface area contributed by atoms with Crippen LogP contribution < -0.4 is 19.9 Å². The van der Waals surface area contributed by atoms with Crippen LogP contribution in [0.25, 0.3) is 0 Å². The van der Waals surface area contributed by atoms with Gasteiger partial charge in [0, 0.05) is 24.0 Å². The minimum Gasteiger partial charge on any atom is -0.497 e. The molecule has 0 spiro atoms. The second kappa shape index (κ2) is 9.37. The summed E-state index contributed by atoms with van der Waals surface area (Å²) in [7, 11) is 1.59. The summed E-state index contributed by atoms with van der Waals surface area (Å²) in [6, 6.07) is 15.3. The van der Waals surface area contributed by atoms with E-state index in [2.05, 4.69) is 11.4 Å². The zero-order valence-electron chi connectivity index (χ0n) is 16.5. The highest BCUT2D eigenvalue weighted by atomic mass is 16.5. The summed E-state index contributed by atoms with van der Waals surface area (Å²) < 4.78 is 5.18. The van der Waals surface area contributed by atoms with Gasteiger partial charge >= 0.3 is 0 Å². The van der Waals surface area contributed by atoms with Crippen molar-refractivity contribution >= 4 is 23.2 Å². The second-order valence-corrected chi connectivity index (χ2v) is 7.01. The number of rotatable bonds is 7. The predicted octanol–water partition coefficient (Wildman–Crippen LogP) is 1.52. The molecule has 1 heterocycles. The SMILES string of the molecule is CC[NH+](CC(=O)Nc1cccc(OC)c1)CC(=O)N1CCCc2ccccc21. The van der Waals surface area contributed by atoms with Crippen molar-refractivity contribution in [3.63, 3.8) is 0 Å². The molecule has 3 rings (SSSR count). The number of nitrogens with zero attached hydrogens (tertiary/aromatic N) is 1. The highest BCUT2D eigenvalue weighted by molar-refractivity contribution is 5.95. The van der Waals surface area contributed by atoms with Crippen molar-refractivity contribution in [1.82, 2.24) is 0 Å². The lowest BCUT2D eigenvalue weighted by Gasteiger charge is -2.30. The van der Waals surface area contributed by atoms with Crippen molar-refractivity contribution in [2.24, 2.45) is 0 Å². The van der Waals surface area contributed by atoms with Gasteiger partial charge in [0.1, 0.15) is 5.75 Å². The Morgan fingerprint density at radius 1 is 1.14 bits per heavy atom. The smallest absolute Gasteiger partial charge is 0.282 e. The number of ether oxygens (including phenoxy) is 1. The van der Waals surface area contributed by atoms with Crippen LogP contribution in [0.3, 0.4) is 0 Å². The number of hydrogen-bond acceptors (Lipinski definition) is 3. The average Bonchev–Trinajstić information content (AvgIpc) is 2.72. The molecule has 6 nitrogen and oxygen atoms in total. The number of carbonyl (C=O) groups excluding carboxylic acids is 2. The molecule has 148 valence electrons. The van der Waals surface area contributed by atoms with E-state index in [9.17, 15) is 9.59 Å². The molecule has 1 aliphatic heterocycles. The first kappa shape index (κ1) is 19.9. The van der Waals surface area contributed by atoms with Gasteiger partial charge in [0.25, 0.3) is 11.8 Å². The summed E-state index contributed by atoms with van der Waals surface area (Å²) in [6.07, 6.45) is 1.98. The number of carbonyl (C=O) groups is 2. The van der Waals surface area contributed by atoms with E-state index in [4.69, 9.17) is 4.74 Å². The Balaban J connectivity index is 1.59. The number of anilines is 2. The molecule has 2 aromatic rings. The monoisotopic (exact) mass is 382 g/mol. The quantitative estimate of drug-likeness (QED) is 0.763. The van der Waals surface area contributed by atoms with Crippen LogP contribution in [0.4, 0.5) is 11.4 Å². The Morgan fingerprint density at radius 3 is 2.75 bits per heavy atom. The van der Waals surface area contributed by atoms with E-state index in [0.29, 0.717) is 24.5 Å². The molecular weight excluding hydrogens is 354 g/mol. The van der Waals surface area contributed by atoms with E-state index in [0.717, 1.165) is 30.0 Å². The van der Waals surface area contributed by atoms with E-state index in [1.54, 1.807) is 13.2 Å². The van der Waals surface area contributed by atoms with Crippen molar-refractivity contribution in [2.45, 2.75) is 19.8 Å². The molecule has 28 heavy (non-hydrogen) atoms. The molecule has 0 radical (unpaired) electrons. The molecule has 0 aliphatic carbocycles. The normalized spacial score (nSPS) is 14.1. The summed E-state index contributed by atoms with van der Waals surface area (Å²) >= 11 is 0. The topological polar surface area (TPSA) is 63.1 Å². The van der Waals surface area contributed by atoms with Crippen molar-refractivity contribution in [3.05, 3.63) is 54.1 Å². The molecule has 2 aromatic carbocycles. The second-order valence-electron chi connectivity index (χ2n) is 7.01. The zero-order valence-corrected chi connectivity index (χ0v) is 16.5. The van der Waals surface area contributed by atoms with Gasteiger partial charge in [-0.15, -0.1) is 0 Å². The maximum atomic E-state index is 12.9. The third-order valence-electron chi connectivity index (χ3n) is 5.08. The first-order valence-corrected chi connectivity index (χ1v) is 9.76. The van der Waals surface area contributed by atoms with Crippen LogP contribution in [0.15, 0.2) is 48.5 Å². The Bertz CT molecular complexity index is 837. The first-order valence-electron chi connectivity index (χ1n) is 9.76. The fourth-order valence-electron chi connectivity index (χ4n) is 3.55. The van der Waals surface area contributed by atoms with Crippen LogP contribution in [0, 0.1) is 0 Å². The lowest BCUT2D eigenvalue weighted by Crippen LogP contribution is -3.14. The summed E-state index contributed by atoms with van der Waals surface area (Å²) in [5.41, 5.74) is 2.92. The van der Waals surface area contributed by atoms with Crippen molar-refractivity contribution in [1.29, 1.82) is 0 Å². The summed E-state index contributed by atoms with van der Waals surface area (Å²) in [5, 5.41) is 2.89. The number of aryl methyl sites for hydroxylation is 1. The minimum atomic E-state index is -0.114. The molecule has 0 saturated heterocycles. The first-order chi connectivity index (χ1) is 13.6. The van der Waals surface area contributed by atoms with Gasteiger partial charge in [0.15, 0.2) is 13.1 Å². The van der Waals surface area contributed by atoms with Crippen LogP contribution in [-0.4, -0.2) is 45.1 Å². The molecule has 0 aromatic heterocycles. The molecule has 6 heteroatoms. The van der Waals surface area contributed by atoms with Crippen LogP contribution in [0.5, 0.6) is 5.75 Å². The molecule has 2 N–H and O–H groups in total. The van der Waals surface area contributed by atoms with Gasteiger partial charge in [-0.05, 0) is 43.5 Å². The Hall–Kier alpha value is -2.86.